The molecule has 2 aliphatic rings. The Morgan fingerprint density at radius 1 is 1.48 bits per heavy atom. The maximum absolute atomic E-state index is 8.56. The van der Waals surface area contributed by atoms with Gasteiger partial charge >= 0.3 is 0 Å². The van der Waals surface area contributed by atoms with Crippen molar-refractivity contribution < 1.29 is 0 Å². The number of hydrogen-bond donors (Lipinski definition) is 1. The fourth-order valence-electron chi connectivity index (χ4n) is 4.34. The van der Waals surface area contributed by atoms with Gasteiger partial charge in [-0.05, 0) is 48.5 Å². The third kappa shape index (κ3) is 1.93. The smallest absolute Gasteiger partial charge is 0.0459 e. The third-order valence-electron chi connectivity index (χ3n) is 5.22. The molecule has 3 atom stereocenters. The molecule has 1 saturated heterocycles. The van der Waals surface area contributed by atoms with Gasteiger partial charge in [0.15, 0.2) is 0 Å². The van der Waals surface area contributed by atoms with Gasteiger partial charge in [-0.1, -0.05) is 17.2 Å². The molecular formula is C16H19N5. The number of aromatic nitrogens is 1. The first-order chi connectivity index (χ1) is 10.3. The third-order valence-corrected chi connectivity index (χ3v) is 5.22. The Morgan fingerprint density at radius 2 is 2.38 bits per heavy atom. The number of azide groups is 1. The van der Waals surface area contributed by atoms with E-state index in [0.717, 1.165) is 19.4 Å². The lowest BCUT2D eigenvalue weighted by atomic mass is 9.72. The predicted molar refractivity (Wildman–Crippen MR) is 83.3 cm³/mol. The molecule has 1 aromatic carbocycles. The van der Waals surface area contributed by atoms with E-state index in [9.17, 15) is 0 Å². The Morgan fingerprint density at radius 3 is 3.24 bits per heavy atom. The van der Waals surface area contributed by atoms with E-state index >= 15 is 0 Å². The van der Waals surface area contributed by atoms with E-state index < -0.39 is 0 Å². The van der Waals surface area contributed by atoms with Crippen molar-refractivity contribution in [2.24, 2.45) is 11.0 Å². The van der Waals surface area contributed by atoms with Crippen LogP contribution in [0.3, 0.4) is 0 Å². The first-order valence-electron chi connectivity index (χ1n) is 7.58. The zero-order chi connectivity index (χ0) is 14.4. The van der Waals surface area contributed by atoms with Crippen molar-refractivity contribution in [3.63, 3.8) is 0 Å². The van der Waals surface area contributed by atoms with Crippen LogP contribution in [0.1, 0.15) is 23.5 Å². The first-order valence-corrected chi connectivity index (χ1v) is 7.58. The number of rotatable bonds is 2. The zero-order valence-electron chi connectivity index (χ0n) is 12.2. The lowest BCUT2D eigenvalue weighted by Gasteiger charge is -2.45. The van der Waals surface area contributed by atoms with Crippen molar-refractivity contribution in [2.45, 2.75) is 24.8 Å². The molecule has 4 rings (SSSR count). The van der Waals surface area contributed by atoms with E-state index in [-0.39, 0.29) is 0 Å². The quantitative estimate of drug-likeness (QED) is 0.511. The van der Waals surface area contributed by atoms with Gasteiger partial charge in [0.2, 0.25) is 0 Å². The van der Waals surface area contributed by atoms with Crippen LogP contribution in [0.25, 0.3) is 21.3 Å². The van der Waals surface area contributed by atoms with Crippen LogP contribution in [0, 0.1) is 5.92 Å². The Kier molecular flexibility index (Phi) is 2.91. The number of nitrogens with one attached hydrogen (secondary N) is 1. The minimum Gasteiger partial charge on any atom is -0.361 e. The van der Waals surface area contributed by atoms with Crippen LogP contribution in [0.4, 0.5) is 0 Å². The minimum absolute atomic E-state index is 0.461. The molecule has 5 heteroatoms. The highest BCUT2D eigenvalue weighted by atomic mass is 15.2. The van der Waals surface area contributed by atoms with E-state index in [1.54, 1.807) is 0 Å². The van der Waals surface area contributed by atoms with E-state index in [4.69, 9.17) is 5.53 Å². The summed E-state index contributed by atoms with van der Waals surface area (Å²) in [6.07, 6.45) is 4.41. The first kappa shape index (κ1) is 12.7. The lowest BCUT2D eigenvalue weighted by Crippen LogP contribution is -2.48. The molecule has 1 aliphatic carbocycles. The summed E-state index contributed by atoms with van der Waals surface area (Å²) in [5.74, 6) is 1.01. The second-order valence-corrected chi connectivity index (χ2v) is 6.42. The second-order valence-electron chi connectivity index (χ2n) is 6.42. The molecule has 0 radical (unpaired) electrons. The number of fused-ring (bicyclic) bond motifs is 2. The van der Waals surface area contributed by atoms with Gasteiger partial charge in [0.25, 0.3) is 0 Å². The number of piperidine rings is 1. The Labute approximate surface area is 123 Å². The number of likely N-dealkylation sites (N-methyl/N-ethyl adjacent to an activating group) is 1. The number of aromatic amines is 1. The van der Waals surface area contributed by atoms with E-state index in [0.29, 0.717) is 24.4 Å². The largest absolute Gasteiger partial charge is 0.361 e. The zero-order valence-corrected chi connectivity index (χ0v) is 12.2. The molecule has 1 fully saturated rings. The van der Waals surface area contributed by atoms with Gasteiger partial charge in [0, 0.05) is 47.1 Å². The van der Waals surface area contributed by atoms with E-state index in [1.807, 2.05) is 0 Å². The summed E-state index contributed by atoms with van der Waals surface area (Å²) in [6, 6.07) is 7.16. The van der Waals surface area contributed by atoms with Crippen molar-refractivity contribution >= 4 is 10.9 Å². The molecule has 1 N–H and O–H groups in total. The minimum atomic E-state index is 0.461. The summed E-state index contributed by atoms with van der Waals surface area (Å²) in [5.41, 5.74) is 12.7. The molecule has 21 heavy (non-hydrogen) atoms. The summed E-state index contributed by atoms with van der Waals surface area (Å²) < 4.78 is 0. The normalized spacial score (nSPS) is 28.1. The molecule has 0 amide bonds. The molecule has 0 unspecified atom stereocenters. The maximum Gasteiger partial charge on any atom is 0.0459 e. The van der Waals surface area contributed by atoms with Gasteiger partial charge < -0.3 is 9.88 Å². The predicted octanol–water partition coefficient (Wildman–Crippen LogP) is 3.44. The summed E-state index contributed by atoms with van der Waals surface area (Å²) in [7, 11) is 2.21. The van der Waals surface area contributed by atoms with Crippen molar-refractivity contribution in [2.75, 3.05) is 20.1 Å². The van der Waals surface area contributed by atoms with Crippen LogP contribution in [0.2, 0.25) is 0 Å². The average Bonchev–Trinajstić information content (AvgIpc) is 2.91. The van der Waals surface area contributed by atoms with Crippen molar-refractivity contribution in [1.29, 1.82) is 0 Å². The number of nitrogens with zero attached hydrogens (tertiary/aromatic N) is 4. The molecule has 2 aromatic rings. The van der Waals surface area contributed by atoms with Crippen LogP contribution in [-0.4, -0.2) is 36.1 Å². The monoisotopic (exact) mass is 281 g/mol. The SMILES string of the molecule is CN1C[C@H](CN=[N+]=[N-])C[C@@H]2c3cccc4[nH]cc(c34)C[C@H]21. The van der Waals surface area contributed by atoms with Crippen LogP contribution in [0.5, 0.6) is 0 Å². The maximum atomic E-state index is 8.56. The van der Waals surface area contributed by atoms with Crippen molar-refractivity contribution in [3.8, 4) is 0 Å². The molecule has 0 saturated carbocycles. The molecule has 2 heterocycles. The number of likely N-dealkylation sites (tertiary alicyclic amines) is 1. The molecule has 1 aromatic heterocycles. The molecule has 1 aliphatic heterocycles. The summed E-state index contributed by atoms with van der Waals surface area (Å²) >= 11 is 0. The second kappa shape index (κ2) is 4.79. The molecule has 5 nitrogen and oxygen atoms in total. The fourth-order valence-corrected chi connectivity index (χ4v) is 4.34. The highest BCUT2D eigenvalue weighted by Gasteiger charge is 2.38. The van der Waals surface area contributed by atoms with Gasteiger partial charge in [0.05, 0.1) is 0 Å². The average molecular weight is 281 g/mol. The van der Waals surface area contributed by atoms with Crippen LogP contribution in [-0.2, 0) is 6.42 Å². The molecule has 0 bridgehead atoms. The Hall–Kier alpha value is -1.97. The highest BCUT2D eigenvalue weighted by molar-refractivity contribution is 5.88. The van der Waals surface area contributed by atoms with Crippen LogP contribution >= 0.6 is 0 Å². The van der Waals surface area contributed by atoms with Gasteiger partial charge in [-0.2, -0.15) is 0 Å². The Balaban J connectivity index is 1.76. The fraction of sp³-hybridized carbons (Fsp3) is 0.500. The molecule has 0 spiro atoms. The Bertz CT molecular complexity index is 727. The van der Waals surface area contributed by atoms with Gasteiger partial charge in [-0.15, -0.1) is 0 Å². The molecule has 108 valence electrons. The summed E-state index contributed by atoms with van der Waals surface area (Å²) in [5, 5.41) is 5.23. The van der Waals surface area contributed by atoms with Crippen LogP contribution in [0.15, 0.2) is 29.5 Å². The summed E-state index contributed by atoms with van der Waals surface area (Å²) in [6.45, 7) is 1.63. The number of H-pyrrole nitrogens is 1. The summed E-state index contributed by atoms with van der Waals surface area (Å²) in [4.78, 5) is 8.79. The van der Waals surface area contributed by atoms with Gasteiger partial charge in [0.1, 0.15) is 0 Å². The topological polar surface area (TPSA) is 67.8 Å². The number of hydrogen-bond acceptors (Lipinski definition) is 2. The molecular weight excluding hydrogens is 262 g/mol. The lowest BCUT2D eigenvalue weighted by molar-refractivity contribution is 0.115. The van der Waals surface area contributed by atoms with E-state index in [2.05, 4.69) is 51.4 Å². The number of benzene rings is 1. The standard InChI is InChI=1S/C16H19N5/c1-21-9-10(7-19-20-17)5-13-12-3-2-4-14-16(12)11(8-18-14)6-15(13)21/h2-4,8,10,13,15,18H,5-7,9H2,1H3/t10-,13+,15+/m0/s1. The van der Waals surface area contributed by atoms with Crippen molar-refractivity contribution in [1.82, 2.24) is 9.88 Å². The van der Waals surface area contributed by atoms with E-state index in [1.165, 1.54) is 22.0 Å². The van der Waals surface area contributed by atoms with Crippen molar-refractivity contribution in [3.05, 3.63) is 46.0 Å². The highest BCUT2D eigenvalue weighted by Crippen LogP contribution is 2.44. The van der Waals surface area contributed by atoms with Gasteiger partial charge in [-0.25, -0.2) is 0 Å². The van der Waals surface area contributed by atoms with Crippen LogP contribution < -0.4 is 0 Å². The van der Waals surface area contributed by atoms with Gasteiger partial charge in [-0.3, -0.25) is 0 Å².